The number of rotatable bonds is 5. The Hall–Kier alpha value is -2.12. The van der Waals surface area contributed by atoms with E-state index in [0.29, 0.717) is 15.8 Å². The van der Waals surface area contributed by atoms with Gasteiger partial charge in [-0.2, -0.15) is 0 Å². The van der Waals surface area contributed by atoms with Crippen molar-refractivity contribution in [3.63, 3.8) is 0 Å². The Kier molecular flexibility index (Phi) is 5.89. The number of amides is 1. The molecule has 0 bridgehead atoms. The second-order valence-electron chi connectivity index (χ2n) is 7.31. The first-order valence-electron chi connectivity index (χ1n) is 9.96. The molecule has 0 atom stereocenters. The van der Waals surface area contributed by atoms with Crippen LogP contribution in [0.1, 0.15) is 23.3 Å². The van der Waals surface area contributed by atoms with Crippen LogP contribution in [0.2, 0.25) is 10.0 Å². The van der Waals surface area contributed by atoms with E-state index in [0.717, 1.165) is 45.1 Å². The molecule has 0 unspecified atom stereocenters. The van der Waals surface area contributed by atoms with Gasteiger partial charge in [0.2, 0.25) is 0 Å². The maximum atomic E-state index is 12.7. The standard InChI is InChI=1S/C23H18Cl2N2O2S2/c24-13-9-10-17(15(25)11-13)29-12-20(28)27-23-21(14-5-1-3-7-18(14)30-23)22-26-16-6-2-4-8-19(16)31-22/h2,4,6,8-11H,1,3,5,7,12H2,(H,27,28). The number of benzene rings is 2. The number of nitrogens with one attached hydrogen (secondary N) is 1. The highest BCUT2D eigenvalue weighted by molar-refractivity contribution is 7.22. The number of carbonyl (C=O) groups excluding carboxylic acids is 1. The minimum absolute atomic E-state index is 0.136. The number of fused-ring (bicyclic) bond motifs is 2. The highest BCUT2D eigenvalue weighted by Gasteiger charge is 2.25. The summed E-state index contributed by atoms with van der Waals surface area (Å²) >= 11 is 15.4. The predicted molar refractivity (Wildman–Crippen MR) is 130 cm³/mol. The topological polar surface area (TPSA) is 51.2 Å². The van der Waals surface area contributed by atoms with Crippen LogP contribution in [-0.4, -0.2) is 17.5 Å². The number of carbonyl (C=O) groups is 1. The highest BCUT2D eigenvalue weighted by Crippen LogP contribution is 2.46. The van der Waals surface area contributed by atoms with Crippen LogP contribution in [0.5, 0.6) is 5.75 Å². The van der Waals surface area contributed by atoms with Gasteiger partial charge in [0.1, 0.15) is 15.8 Å². The smallest absolute Gasteiger partial charge is 0.262 e. The van der Waals surface area contributed by atoms with Gasteiger partial charge in [0.15, 0.2) is 6.61 Å². The lowest BCUT2D eigenvalue weighted by molar-refractivity contribution is -0.118. The lowest BCUT2D eigenvalue weighted by atomic mass is 9.96. The Labute approximate surface area is 197 Å². The van der Waals surface area contributed by atoms with Gasteiger partial charge in [0.25, 0.3) is 5.91 Å². The number of hydrogen-bond donors (Lipinski definition) is 1. The summed E-state index contributed by atoms with van der Waals surface area (Å²) in [6.07, 6.45) is 4.40. The molecule has 0 saturated carbocycles. The molecule has 0 fully saturated rings. The molecule has 31 heavy (non-hydrogen) atoms. The van der Waals surface area contributed by atoms with Crippen molar-refractivity contribution in [1.29, 1.82) is 0 Å². The summed E-state index contributed by atoms with van der Waals surface area (Å²) in [7, 11) is 0. The van der Waals surface area contributed by atoms with Gasteiger partial charge in [0, 0.05) is 15.5 Å². The Balaban J connectivity index is 1.42. The molecule has 8 heteroatoms. The molecular weight excluding hydrogens is 471 g/mol. The van der Waals surface area contributed by atoms with Gasteiger partial charge in [-0.15, -0.1) is 22.7 Å². The molecule has 0 spiro atoms. The summed E-state index contributed by atoms with van der Waals surface area (Å²) in [5.41, 5.74) is 3.38. The maximum Gasteiger partial charge on any atom is 0.262 e. The summed E-state index contributed by atoms with van der Waals surface area (Å²) in [5, 5.41) is 5.77. The monoisotopic (exact) mass is 488 g/mol. The van der Waals surface area contributed by atoms with Crippen LogP contribution >= 0.6 is 45.9 Å². The fourth-order valence-electron chi connectivity index (χ4n) is 3.76. The summed E-state index contributed by atoms with van der Waals surface area (Å²) < 4.78 is 6.76. The summed E-state index contributed by atoms with van der Waals surface area (Å²) in [6.45, 7) is -0.136. The van der Waals surface area contributed by atoms with E-state index >= 15 is 0 Å². The van der Waals surface area contributed by atoms with E-state index in [1.54, 1.807) is 40.9 Å². The van der Waals surface area contributed by atoms with E-state index in [4.69, 9.17) is 32.9 Å². The second kappa shape index (κ2) is 8.79. The Morgan fingerprint density at radius 1 is 1.10 bits per heavy atom. The van der Waals surface area contributed by atoms with Gasteiger partial charge in [-0.1, -0.05) is 35.3 Å². The van der Waals surface area contributed by atoms with Crippen molar-refractivity contribution in [2.24, 2.45) is 0 Å². The fraction of sp³-hybridized carbons (Fsp3) is 0.217. The lowest BCUT2D eigenvalue weighted by Gasteiger charge is -2.12. The average molecular weight is 489 g/mol. The van der Waals surface area contributed by atoms with Crippen LogP contribution in [0.25, 0.3) is 20.8 Å². The minimum Gasteiger partial charge on any atom is -0.482 e. The maximum absolute atomic E-state index is 12.7. The quantitative estimate of drug-likeness (QED) is 0.322. The van der Waals surface area contributed by atoms with Crippen molar-refractivity contribution in [2.45, 2.75) is 25.7 Å². The lowest BCUT2D eigenvalue weighted by Crippen LogP contribution is -2.20. The molecule has 1 N–H and O–H groups in total. The van der Waals surface area contributed by atoms with Crippen LogP contribution in [0.15, 0.2) is 42.5 Å². The van der Waals surface area contributed by atoms with Crippen molar-refractivity contribution in [3.05, 3.63) is 63.0 Å². The first-order chi connectivity index (χ1) is 15.1. The number of thiazole rings is 1. The molecule has 1 aliphatic carbocycles. The third-order valence-corrected chi connectivity index (χ3v) is 7.98. The van der Waals surface area contributed by atoms with Crippen molar-refractivity contribution in [1.82, 2.24) is 4.98 Å². The Morgan fingerprint density at radius 3 is 2.77 bits per heavy atom. The number of hydrogen-bond acceptors (Lipinski definition) is 5. The van der Waals surface area contributed by atoms with Gasteiger partial charge in [-0.25, -0.2) is 4.98 Å². The first kappa shape index (κ1) is 20.8. The van der Waals surface area contributed by atoms with E-state index in [9.17, 15) is 4.79 Å². The first-order valence-corrected chi connectivity index (χ1v) is 12.4. The number of aryl methyl sites for hydroxylation is 1. The fourth-order valence-corrected chi connectivity index (χ4v) is 6.64. The number of aromatic nitrogens is 1. The number of para-hydroxylation sites is 1. The van der Waals surface area contributed by atoms with E-state index in [1.165, 1.54) is 16.9 Å². The van der Waals surface area contributed by atoms with Gasteiger partial charge in [0.05, 0.1) is 15.2 Å². The van der Waals surface area contributed by atoms with Gasteiger partial charge < -0.3 is 10.1 Å². The third-order valence-electron chi connectivity index (χ3n) is 5.18. The van der Waals surface area contributed by atoms with Crippen LogP contribution in [0.3, 0.4) is 0 Å². The van der Waals surface area contributed by atoms with E-state index in [-0.39, 0.29) is 12.5 Å². The molecule has 0 aliphatic heterocycles. The molecule has 2 aromatic heterocycles. The number of nitrogens with zero attached hydrogens (tertiary/aromatic N) is 1. The molecule has 158 valence electrons. The number of ether oxygens (including phenoxy) is 1. The molecule has 0 saturated heterocycles. The molecule has 4 nitrogen and oxygen atoms in total. The molecule has 1 aliphatic rings. The van der Waals surface area contributed by atoms with Crippen molar-refractivity contribution >= 4 is 67.0 Å². The summed E-state index contributed by atoms with van der Waals surface area (Å²) in [4.78, 5) is 18.9. The summed E-state index contributed by atoms with van der Waals surface area (Å²) in [5.74, 6) is 0.199. The van der Waals surface area contributed by atoms with E-state index in [2.05, 4.69) is 11.4 Å². The zero-order valence-electron chi connectivity index (χ0n) is 16.4. The van der Waals surface area contributed by atoms with Gasteiger partial charge >= 0.3 is 0 Å². The van der Waals surface area contributed by atoms with Crippen LogP contribution < -0.4 is 10.1 Å². The summed E-state index contributed by atoms with van der Waals surface area (Å²) in [6, 6.07) is 13.1. The largest absolute Gasteiger partial charge is 0.482 e. The van der Waals surface area contributed by atoms with E-state index < -0.39 is 0 Å². The molecular formula is C23H18Cl2N2O2S2. The van der Waals surface area contributed by atoms with Gasteiger partial charge in [-0.3, -0.25) is 4.79 Å². The van der Waals surface area contributed by atoms with Crippen LogP contribution in [0, 0.1) is 0 Å². The number of anilines is 1. The average Bonchev–Trinajstić information content (AvgIpc) is 3.33. The zero-order chi connectivity index (χ0) is 21.4. The molecule has 1 amide bonds. The van der Waals surface area contributed by atoms with Crippen molar-refractivity contribution in [3.8, 4) is 16.3 Å². The molecule has 0 radical (unpaired) electrons. The van der Waals surface area contributed by atoms with Crippen molar-refractivity contribution in [2.75, 3.05) is 11.9 Å². The molecule has 2 heterocycles. The highest BCUT2D eigenvalue weighted by atomic mass is 35.5. The number of thiophene rings is 1. The van der Waals surface area contributed by atoms with Crippen LogP contribution in [-0.2, 0) is 17.6 Å². The molecule has 4 aromatic rings. The predicted octanol–water partition coefficient (Wildman–Crippen LogP) is 7.23. The minimum atomic E-state index is -0.230. The SMILES string of the molecule is O=C(COc1ccc(Cl)cc1Cl)Nc1sc2c(c1-c1nc3ccccc3s1)CCCC2. The Bertz CT molecular complexity index is 1250. The van der Waals surface area contributed by atoms with Gasteiger partial charge in [-0.05, 0) is 61.6 Å². The van der Waals surface area contributed by atoms with Crippen molar-refractivity contribution < 1.29 is 9.53 Å². The Morgan fingerprint density at radius 2 is 1.94 bits per heavy atom. The second-order valence-corrected chi connectivity index (χ2v) is 10.3. The normalized spacial score (nSPS) is 13.2. The molecule has 5 rings (SSSR count). The third kappa shape index (κ3) is 4.30. The number of halogens is 2. The zero-order valence-corrected chi connectivity index (χ0v) is 19.6. The van der Waals surface area contributed by atoms with Crippen LogP contribution in [0.4, 0.5) is 5.00 Å². The van der Waals surface area contributed by atoms with E-state index in [1.807, 2.05) is 18.2 Å². The molecule has 2 aromatic carbocycles.